The van der Waals surface area contributed by atoms with Crippen molar-refractivity contribution in [2.45, 2.75) is 173 Å². The number of aryl methyl sites for hydroxylation is 1. The molecule has 8 aliphatic carbocycles. The highest BCUT2D eigenvalue weighted by Gasteiger charge is 2.82. The Hall–Kier alpha value is -2.62. The van der Waals surface area contributed by atoms with Gasteiger partial charge >= 0.3 is 0 Å². The molecule has 2 N–H and O–H groups in total. The predicted octanol–water partition coefficient (Wildman–Crippen LogP) is 10.6. The lowest BCUT2D eigenvalue weighted by Crippen LogP contribution is -2.70. The number of carbonyl (C=O) groups is 4. The van der Waals surface area contributed by atoms with E-state index in [1.807, 2.05) is 18.4 Å². The average Bonchev–Trinajstić information content (AvgIpc) is 4.06. The van der Waals surface area contributed by atoms with E-state index in [2.05, 4.69) is 0 Å². The molecule has 398 valence electrons. The molecule has 2 aliphatic heterocycles. The zero-order chi connectivity index (χ0) is 50.7. The first-order valence-electron chi connectivity index (χ1n) is 23.8. The quantitative estimate of drug-likeness (QED) is 0.271. The second-order valence-electron chi connectivity index (χ2n) is 22.4. The summed E-state index contributed by atoms with van der Waals surface area (Å²) >= 11 is 2.39. The molecule has 11 rings (SSSR count). The number of fused-ring (bicyclic) bond motifs is 14. The Labute approximate surface area is 429 Å². The fourth-order valence-corrected chi connectivity index (χ4v) is 18.3. The summed E-state index contributed by atoms with van der Waals surface area (Å²) in [6.07, 6.45) is -1.53. The van der Waals surface area contributed by atoms with Gasteiger partial charge in [0.15, 0.2) is 46.2 Å². The van der Waals surface area contributed by atoms with Gasteiger partial charge < -0.3 is 29.2 Å². The molecule has 1 aromatic rings. The van der Waals surface area contributed by atoms with Crippen LogP contribution in [0.4, 0.5) is 26.3 Å². The maximum Gasteiger partial charge on any atom is 0.226 e. The summed E-state index contributed by atoms with van der Waals surface area (Å²) < 4.78 is 118. The Morgan fingerprint density at radius 2 is 1.17 bits per heavy atom. The molecule has 0 spiro atoms. The second kappa shape index (κ2) is 18.0. The zero-order valence-corrected chi connectivity index (χ0v) is 42.2. The minimum atomic E-state index is -2.28. The Kier molecular flexibility index (Phi) is 13.9. The van der Waals surface area contributed by atoms with Crippen LogP contribution in [0.5, 0.6) is 0 Å². The number of ketones is 2. The first-order valence-corrected chi connectivity index (χ1v) is 26.7. The van der Waals surface area contributed by atoms with E-state index in [4.69, 9.17) is 18.9 Å². The van der Waals surface area contributed by atoms with Crippen molar-refractivity contribution >= 4 is 56.7 Å². The normalized spacial score (nSPS) is 48.6. The number of alkyl halides is 6. The summed E-state index contributed by atoms with van der Waals surface area (Å²) in [7, 11) is 0. The van der Waals surface area contributed by atoms with Crippen LogP contribution in [-0.4, -0.2) is 109 Å². The Morgan fingerprint density at radius 3 is 1.62 bits per heavy atom. The molecule has 1 aromatic heterocycles. The van der Waals surface area contributed by atoms with Crippen LogP contribution in [-0.2, 0) is 38.1 Å². The lowest BCUT2D eigenvalue weighted by Gasteiger charge is -2.63. The maximum atomic E-state index is 17.4. The number of aliphatic hydroxyl groups excluding tert-OH is 2. The van der Waals surface area contributed by atoms with Crippen LogP contribution in [0.25, 0.3) is 0 Å². The first kappa shape index (κ1) is 55.6. The lowest BCUT2D eigenvalue weighted by atomic mass is 9.44. The summed E-state index contributed by atoms with van der Waals surface area (Å²) in [5.74, 6) is -5.01. The number of ether oxygens (including phenoxy) is 4. The van der Waals surface area contributed by atoms with Crippen LogP contribution in [0.1, 0.15) is 112 Å². The third kappa shape index (κ3) is 6.90. The van der Waals surface area contributed by atoms with Crippen LogP contribution in [0.15, 0.2) is 59.0 Å². The molecule has 0 aromatic carbocycles. The van der Waals surface area contributed by atoms with E-state index in [0.29, 0.717) is 23.5 Å². The molecular formula is C53H66F6O10S3. The number of thioether (sulfide) groups is 2. The summed E-state index contributed by atoms with van der Waals surface area (Å²) in [4.78, 5) is 51.8. The van der Waals surface area contributed by atoms with Gasteiger partial charge in [-0.05, 0) is 137 Å². The number of hydrogen-bond acceptors (Lipinski definition) is 13. The van der Waals surface area contributed by atoms with E-state index in [9.17, 15) is 38.2 Å². The zero-order valence-electron chi connectivity index (χ0n) is 39.8. The van der Waals surface area contributed by atoms with Crippen molar-refractivity contribution in [2.75, 3.05) is 12.0 Å². The highest BCUT2D eigenvalue weighted by Crippen LogP contribution is 2.75. The predicted molar refractivity (Wildman–Crippen MR) is 262 cm³/mol. The van der Waals surface area contributed by atoms with Crippen molar-refractivity contribution in [1.29, 1.82) is 0 Å². The van der Waals surface area contributed by atoms with Gasteiger partial charge in [-0.2, -0.15) is 0 Å². The van der Waals surface area contributed by atoms with Crippen molar-refractivity contribution in [1.82, 2.24) is 0 Å². The monoisotopic (exact) mass is 1070 g/mol. The molecule has 1 unspecified atom stereocenters. The van der Waals surface area contributed by atoms with Gasteiger partial charge in [-0.3, -0.25) is 19.2 Å². The molecule has 10 nitrogen and oxygen atoms in total. The lowest BCUT2D eigenvalue weighted by molar-refractivity contribution is -0.246. The summed E-state index contributed by atoms with van der Waals surface area (Å²) in [6.45, 7) is 11.8. The molecule has 72 heavy (non-hydrogen) atoms. The SMILES string of the molecule is C.C.CC1(C)O[C@@H]2C[C@H]3[C@@H]4C[C@H](F)C5=CC(=O)C=C[C@]5(C)[C@@]4(F)[C@@H](O)C[C@]3(C)[C@]2(C(=O)SCF)O1.Cc1ccsc1C1O[C@@H]2C[C@H]3[C@@H]4C[C@H](F)C5=CC(=O)C=C[C@]5(C)[C@@]4(F)[C@@H](O)C[C@]3(C)[C@]2(C(=O)SCF)O1. The minimum absolute atomic E-state index is 0. The van der Waals surface area contributed by atoms with Crippen molar-refractivity contribution in [3.63, 3.8) is 0 Å². The molecule has 3 heterocycles. The van der Waals surface area contributed by atoms with Crippen molar-refractivity contribution in [3.05, 3.63) is 69.5 Å². The van der Waals surface area contributed by atoms with Gasteiger partial charge in [-0.15, -0.1) is 11.3 Å². The molecule has 19 heteroatoms. The number of rotatable bonds is 5. The number of thiophene rings is 1. The molecule has 6 saturated carbocycles. The number of aliphatic hydroxyl groups is 2. The molecule has 0 amide bonds. The van der Waals surface area contributed by atoms with E-state index in [1.165, 1.54) is 49.5 Å². The van der Waals surface area contributed by atoms with Crippen LogP contribution in [0, 0.1) is 52.3 Å². The highest BCUT2D eigenvalue weighted by molar-refractivity contribution is 8.14. The van der Waals surface area contributed by atoms with Crippen LogP contribution in [0.3, 0.4) is 0 Å². The van der Waals surface area contributed by atoms with Crippen molar-refractivity contribution in [2.24, 2.45) is 45.3 Å². The van der Waals surface area contributed by atoms with Gasteiger partial charge in [0.2, 0.25) is 10.2 Å². The molecule has 2 saturated heterocycles. The third-order valence-corrected chi connectivity index (χ3v) is 21.5. The summed E-state index contributed by atoms with van der Waals surface area (Å²) in [5.41, 5.74) is -12.0. The maximum absolute atomic E-state index is 17.4. The topological polar surface area (TPSA) is 146 Å². The number of halogens is 6. The van der Waals surface area contributed by atoms with Crippen LogP contribution in [0.2, 0.25) is 0 Å². The Morgan fingerprint density at radius 1 is 0.708 bits per heavy atom. The summed E-state index contributed by atoms with van der Waals surface area (Å²) in [6, 6.07) is 0.000815. The fraction of sp³-hybridized carbons (Fsp3) is 0.698. The first-order chi connectivity index (χ1) is 32.7. The van der Waals surface area contributed by atoms with Crippen LogP contribution < -0.4 is 0 Å². The van der Waals surface area contributed by atoms with Gasteiger partial charge in [0.25, 0.3) is 0 Å². The van der Waals surface area contributed by atoms with Crippen molar-refractivity contribution in [3.8, 4) is 0 Å². The van der Waals surface area contributed by atoms with Gasteiger partial charge in [0.05, 0.1) is 29.3 Å². The number of allylic oxidation sites excluding steroid dienone is 8. The fourth-order valence-electron chi connectivity index (χ4n) is 16.0. The largest absolute Gasteiger partial charge is 0.390 e. The Balaban J connectivity index is 0.000000189. The van der Waals surface area contributed by atoms with E-state index in [0.717, 1.165) is 22.6 Å². The van der Waals surface area contributed by atoms with E-state index >= 15 is 17.6 Å². The van der Waals surface area contributed by atoms with E-state index in [-0.39, 0.29) is 64.5 Å². The number of carbonyl (C=O) groups excluding carboxylic acids is 4. The smallest absolute Gasteiger partial charge is 0.226 e. The second-order valence-corrected chi connectivity index (χ2v) is 25.1. The van der Waals surface area contributed by atoms with Crippen LogP contribution >= 0.6 is 34.9 Å². The molecule has 0 bridgehead atoms. The summed E-state index contributed by atoms with van der Waals surface area (Å²) in [5, 5.41) is 23.7. The third-order valence-electron chi connectivity index (χ3n) is 19.1. The molecule has 0 radical (unpaired) electrons. The van der Waals surface area contributed by atoms with Crippen molar-refractivity contribution < 1.29 is 74.7 Å². The highest BCUT2D eigenvalue weighted by atomic mass is 32.2. The molecule has 8 fully saturated rings. The average molecular weight is 1070 g/mol. The van der Waals surface area contributed by atoms with E-state index < -0.39 is 151 Å². The Bertz CT molecular complexity index is 2550. The molecular weight excluding hydrogens is 1010 g/mol. The van der Waals surface area contributed by atoms with Gasteiger partial charge in [0, 0.05) is 33.5 Å². The van der Waals surface area contributed by atoms with Gasteiger partial charge in [0.1, 0.15) is 24.4 Å². The molecule has 19 atom stereocenters. The van der Waals surface area contributed by atoms with Gasteiger partial charge in [-0.1, -0.05) is 64.4 Å². The van der Waals surface area contributed by atoms with Gasteiger partial charge in [-0.25, -0.2) is 26.3 Å². The number of hydrogen-bond donors (Lipinski definition) is 2. The van der Waals surface area contributed by atoms with E-state index in [1.54, 1.807) is 27.7 Å². The standard InChI is InChI=1S/C27H29F3O5S2.C24H29F3O5S.2CH4/c1-13-5-7-36-21(13)22-34-20-10-15-16-9-18(29)17-8-14(31)4-6-24(17,2)26(16,30)19(32)11-25(15,3)27(20,35-22)23(33)37-12-28;1-20(2)31-18-9-13-14-8-16(26)15-7-12(28)5-6-21(15,3)23(14,27)17(29)10-22(13,4)24(18,32-20)19(30)33-11-25;;/h4-8,15-16,18-20,22,32H,9-12H2,1-3H3;5-7,13-14,16-18,29H,8-11H2,1-4H3;2*1H4/t15-,16-,18-,19-,20+,22?,24-,25-,26-,27-;13-,14-,16-,17-,18+,21-,22-,23-,24-;;/m00../s1. The molecule has 10 aliphatic rings. The minimum Gasteiger partial charge on any atom is -0.390 e.